The lowest BCUT2D eigenvalue weighted by atomic mass is 10.2. The van der Waals surface area contributed by atoms with Crippen molar-refractivity contribution in [2.24, 2.45) is 5.73 Å². The zero-order valence-electron chi connectivity index (χ0n) is 10.2. The van der Waals surface area contributed by atoms with Crippen LogP contribution in [0, 0.1) is 0 Å². The van der Waals surface area contributed by atoms with Crippen LogP contribution in [-0.4, -0.2) is 43.4 Å². The molecule has 0 heterocycles. The Bertz CT molecular complexity index is 360. The summed E-state index contributed by atoms with van der Waals surface area (Å²) in [4.78, 5) is 2.02. The fourth-order valence-electron chi connectivity index (χ4n) is 1.66. The molecule has 1 aromatic carbocycles. The highest BCUT2D eigenvalue weighted by molar-refractivity contribution is 9.10. The van der Waals surface area contributed by atoms with Crippen LogP contribution in [0.25, 0.3) is 0 Å². The SMILES string of the molecule is COc1ccc(Br)cc1CN(C)CC(O)CN. The molecular formula is C12H19BrN2O2. The normalized spacial score (nSPS) is 12.8. The largest absolute Gasteiger partial charge is 0.496 e. The lowest BCUT2D eigenvalue weighted by Gasteiger charge is -2.21. The van der Waals surface area contributed by atoms with Crippen molar-refractivity contribution in [2.75, 3.05) is 27.2 Å². The standard InChI is InChI=1S/C12H19BrN2O2/c1-15(8-11(16)6-14)7-9-5-10(13)3-4-12(9)17-2/h3-5,11,16H,6-8,14H2,1-2H3. The van der Waals surface area contributed by atoms with E-state index in [-0.39, 0.29) is 6.54 Å². The van der Waals surface area contributed by atoms with Gasteiger partial charge in [0.2, 0.25) is 0 Å². The van der Waals surface area contributed by atoms with Gasteiger partial charge in [-0.3, -0.25) is 4.90 Å². The fourth-order valence-corrected chi connectivity index (χ4v) is 2.07. The molecule has 1 aromatic rings. The molecule has 4 nitrogen and oxygen atoms in total. The minimum absolute atomic E-state index is 0.278. The van der Waals surface area contributed by atoms with Crippen LogP contribution >= 0.6 is 15.9 Å². The second-order valence-corrected chi connectivity index (χ2v) is 4.96. The smallest absolute Gasteiger partial charge is 0.123 e. The molecule has 0 saturated carbocycles. The molecule has 0 spiro atoms. The van der Waals surface area contributed by atoms with E-state index in [9.17, 15) is 5.11 Å². The number of hydrogen-bond acceptors (Lipinski definition) is 4. The Labute approximate surface area is 110 Å². The van der Waals surface area contributed by atoms with Crippen molar-refractivity contribution in [1.29, 1.82) is 0 Å². The number of halogens is 1. The van der Waals surface area contributed by atoms with Gasteiger partial charge < -0.3 is 15.6 Å². The summed E-state index contributed by atoms with van der Waals surface area (Å²) in [6.07, 6.45) is -0.488. The maximum Gasteiger partial charge on any atom is 0.123 e. The maximum absolute atomic E-state index is 9.48. The summed E-state index contributed by atoms with van der Waals surface area (Å²) in [6.45, 7) is 1.53. The van der Waals surface area contributed by atoms with Crippen LogP contribution in [-0.2, 0) is 6.54 Å². The van der Waals surface area contributed by atoms with Crippen molar-refractivity contribution >= 4 is 15.9 Å². The number of methoxy groups -OCH3 is 1. The Balaban J connectivity index is 2.69. The number of nitrogens with zero attached hydrogens (tertiary/aromatic N) is 1. The Hall–Kier alpha value is -0.620. The van der Waals surface area contributed by atoms with Crippen molar-refractivity contribution in [3.05, 3.63) is 28.2 Å². The summed E-state index contributed by atoms with van der Waals surface area (Å²) >= 11 is 3.44. The molecule has 0 fully saturated rings. The van der Waals surface area contributed by atoms with Crippen molar-refractivity contribution in [3.8, 4) is 5.75 Å². The van der Waals surface area contributed by atoms with E-state index in [2.05, 4.69) is 15.9 Å². The Morgan fingerprint density at radius 2 is 2.24 bits per heavy atom. The monoisotopic (exact) mass is 302 g/mol. The third-order valence-electron chi connectivity index (χ3n) is 2.48. The number of likely N-dealkylation sites (N-methyl/N-ethyl adjacent to an activating group) is 1. The predicted octanol–water partition coefficient (Wildman–Crippen LogP) is 1.21. The van der Waals surface area contributed by atoms with Gasteiger partial charge in [0.15, 0.2) is 0 Å². The number of aliphatic hydroxyl groups is 1. The van der Waals surface area contributed by atoms with Crippen LogP contribution in [0.2, 0.25) is 0 Å². The van der Waals surface area contributed by atoms with Gasteiger partial charge in [-0.05, 0) is 25.2 Å². The van der Waals surface area contributed by atoms with Gasteiger partial charge in [0.1, 0.15) is 5.75 Å². The molecule has 96 valence electrons. The Kier molecular flexibility index (Phi) is 5.91. The van der Waals surface area contributed by atoms with E-state index >= 15 is 0 Å². The van der Waals surface area contributed by atoms with Crippen LogP contribution in [0.15, 0.2) is 22.7 Å². The molecule has 1 rings (SSSR count). The van der Waals surface area contributed by atoms with Gasteiger partial charge in [0, 0.05) is 29.7 Å². The van der Waals surface area contributed by atoms with E-state index in [0.717, 1.165) is 15.8 Å². The van der Waals surface area contributed by atoms with E-state index in [0.29, 0.717) is 13.1 Å². The lowest BCUT2D eigenvalue weighted by Crippen LogP contribution is -2.33. The van der Waals surface area contributed by atoms with Gasteiger partial charge in [-0.2, -0.15) is 0 Å². The van der Waals surface area contributed by atoms with Crippen molar-refractivity contribution in [2.45, 2.75) is 12.6 Å². The molecule has 0 bridgehead atoms. The Morgan fingerprint density at radius 3 is 2.82 bits per heavy atom. The van der Waals surface area contributed by atoms with E-state index < -0.39 is 6.10 Å². The summed E-state index contributed by atoms with van der Waals surface area (Å²) < 4.78 is 6.31. The van der Waals surface area contributed by atoms with Crippen LogP contribution in [0.1, 0.15) is 5.56 Å². The zero-order chi connectivity index (χ0) is 12.8. The highest BCUT2D eigenvalue weighted by atomic mass is 79.9. The van der Waals surface area contributed by atoms with Crippen molar-refractivity contribution in [3.63, 3.8) is 0 Å². The summed E-state index contributed by atoms with van der Waals surface area (Å²) in [7, 11) is 3.60. The first-order valence-corrected chi connectivity index (χ1v) is 6.25. The molecule has 1 unspecified atom stereocenters. The minimum atomic E-state index is -0.488. The molecule has 0 aliphatic carbocycles. The number of nitrogens with two attached hydrogens (primary N) is 1. The molecule has 0 saturated heterocycles. The predicted molar refractivity (Wildman–Crippen MR) is 72.1 cm³/mol. The highest BCUT2D eigenvalue weighted by Gasteiger charge is 2.10. The first-order valence-electron chi connectivity index (χ1n) is 5.46. The van der Waals surface area contributed by atoms with E-state index in [1.54, 1.807) is 7.11 Å². The molecule has 0 aromatic heterocycles. The first-order chi connectivity index (χ1) is 8.06. The molecule has 3 N–H and O–H groups in total. The highest BCUT2D eigenvalue weighted by Crippen LogP contribution is 2.23. The molecular weight excluding hydrogens is 284 g/mol. The molecule has 17 heavy (non-hydrogen) atoms. The zero-order valence-corrected chi connectivity index (χ0v) is 11.8. The lowest BCUT2D eigenvalue weighted by molar-refractivity contribution is 0.129. The third-order valence-corrected chi connectivity index (χ3v) is 2.97. The van der Waals surface area contributed by atoms with Crippen molar-refractivity contribution < 1.29 is 9.84 Å². The molecule has 0 aliphatic heterocycles. The number of hydrogen-bond donors (Lipinski definition) is 2. The van der Waals surface area contributed by atoms with E-state index in [1.807, 2.05) is 30.1 Å². The molecule has 5 heteroatoms. The van der Waals surface area contributed by atoms with Gasteiger partial charge in [-0.1, -0.05) is 15.9 Å². The van der Waals surface area contributed by atoms with E-state index in [4.69, 9.17) is 10.5 Å². The molecule has 0 aliphatic rings. The minimum Gasteiger partial charge on any atom is -0.496 e. The second-order valence-electron chi connectivity index (χ2n) is 4.04. The second kappa shape index (κ2) is 6.96. The summed E-state index contributed by atoms with van der Waals surface area (Å²) in [5, 5.41) is 9.48. The van der Waals surface area contributed by atoms with Gasteiger partial charge in [-0.15, -0.1) is 0 Å². The number of aliphatic hydroxyl groups excluding tert-OH is 1. The fraction of sp³-hybridized carbons (Fsp3) is 0.500. The average molecular weight is 303 g/mol. The summed E-state index contributed by atoms with van der Waals surface area (Å²) in [5.41, 5.74) is 6.46. The van der Waals surface area contributed by atoms with Crippen LogP contribution < -0.4 is 10.5 Å². The van der Waals surface area contributed by atoms with Crippen molar-refractivity contribution in [1.82, 2.24) is 4.90 Å². The van der Waals surface area contributed by atoms with Crippen LogP contribution in [0.5, 0.6) is 5.75 Å². The summed E-state index contributed by atoms with van der Waals surface area (Å²) in [6, 6.07) is 5.88. The first kappa shape index (κ1) is 14.4. The van der Waals surface area contributed by atoms with Crippen LogP contribution in [0.3, 0.4) is 0 Å². The van der Waals surface area contributed by atoms with Gasteiger partial charge in [0.25, 0.3) is 0 Å². The topological polar surface area (TPSA) is 58.7 Å². The molecule has 1 atom stereocenters. The third kappa shape index (κ3) is 4.63. The number of rotatable bonds is 6. The van der Waals surface area contributed by atoms with Crippen LogP contribution in [0.4, 0.5) is 0 Å². The molecule has 0 radical (unpaired) electrons. The number of ether oxygens (including phenoxy) is 1. The maximum atomic E-state index is 9.48. The quantitative estimate of drug-likeness (QED) is 0.829. The average Bonchev–Trinajstić information content (AvgIpc) is 2.29. The van der Waals surface area contributed by atoms with E-state index in [1.165, 1.54) is 0 Å². The van der Waals surface area contributed by atoms with Gasteiger partial charge >= 0.3 is 0 Å². The number of benzene rings is 1. The Morgan fingerprint density at radius 1 is 1.53 bits per heavy atom. The molecule has 0 amide bonds. The van der Waals surface area contributed by atoms with Gasteiger partial charge in [0.05, 0.1) is 13.2 Å². The summed E-state index contributed by atoms with van der Waals surface area (Å²) in [5.74, 6) is 0.849. The van der Waals surface area contributed by atoms with Gasteiger partial charge in [-0.25, -0.2) is 0 Å².